The summed E-state index contributed by atoms with van der Waals surface area (Å²) in [5, 5.41) is 23.2. The molecule has 0 aliphatic heterocycles. The molecule has 0 bridgehead atoms. The highest BCUT2D eigenvalue weighted by Gasteiger charge is 2.12. The molecule has 2 rings (SSSR count). The van der Waals surface area contributed by atoms with Gasteiger partial charge in [-0.15, -0.1) is 0 Å². The Labute approximate surface area is 119 Å². The number of aromatic hydroxyl groups is 1. The number of nitrogens with one attached hydrogen (secondary N) is 1. The molecule has 3 nitrogen and oxygen atoms in total. The number of phenols is 1. The summed E-state index contributed by atoms with van der Waals surface area (Å²) >= 11 is 0. The highest BCUT2D eigenvalue weighted by Crippen LogP contribution is 2.19. The van der Waals surface area contributed by atoms with Gasteiger partial charge < -0.3 is 15.5 Å². The standard InChI is InChI=1S/C17H21NO2/c1-13(11-17(20)14-7-3-2-4-8-14)18-12-15-9-5-6-10-16(15)19/h2-10,13,17-20H,11-12H2,1H3. The minimum Gasteiger partial charge on any atom is -0.508 e. The third-order valence-corrected chi connectivity index (χ3v) is 3.39. The van der Waals surface area contributed by atoms with Gasteiger partial charge in [-0.25, -0.2) is 0 Å². The van der Waals surface area contributed by atoms with E-state index in [-0.39, 0.29) is 6.04 Å². The van der Waals surface area contributed by atoms with Crippen molar-refractivity contribution in [3.05, 3.63) is 65.7 Å². The molecule has 3 N–H and O–H groups in total. The predicted octanol–water partition coefficient (Wildman–Crippen LogP) is 2.99. The summed E-state index contributed by atoms with van der Waals surface area (Å²) < 4.78 is 0. The molecular formula is C17H21NO2. The van der Waals surface area contributed by atoms with Crippen LogP contribution in [0.15, 0.2) is 54.6 Å². The van der Waals surface area contributed by atoms with E-state index in [4.69, 9.17) is 0 Å². The van der Waals surface area contributed by atoms with Gasteiger partial charge >= 0.3 is 0 Å². The van der Waals surface area contributed by atoms with Crippen molar-refractivity contribution in [3.8, 4) is 5.75 Å². The SMILES string of the molecule is CC(CC(O)c1ccccc1)NCc1ccccc1O. The molecule has 2 aromatic carbocycles. The molecule has 2 aromatic rings. The van der Waals surface area contributed by atoms with Crippen LogP contribution < -0.4 is 5.32 Å². The normalized spacial score (nSPS) is 13.9. The fourth-order valence-electron chi connectivity index (χ4n) is 2.17. The van der Waals surface area contributed by atoms with Crippen LogP contribution in [-0.4, -0.2) is 16.3 Å². The second kappa shape index (κ2) is 7.08. The molecule has 0 saturated heterocycles. The number of para-hydroxylation sites is 1. The number of hydrogen-bond acceptors (Lipinski definition) is 3. The molecule has 0 fully saturated rings. The molecular weight excluding hydrogens is 250 g/mol. The topological polar surface area (TPSA) is 52.5 Å². The van der Waals surface area contributed by atoms with E-state index >= 15 is 0 Å². The molecule has 2 atom stereocenters. The van der Waals surface area contributed by atoms with Crippen LogP contribution in [0, 0.1) is 0 Å². The second-order valence-corrected chi connectivity index (χ2v) is 5.07. The van der Waals surface area contributed by atoms with Crippen LogP contribution in [-0.2, 0) is 6.54 Å². The lowest BCUT2D eigenvalue weighted by atomic mass is 10.0. The summed E-state index contributed by atoms with van der Waals surface area (Å²) in [6.45, 7) is 2.63. The molecule has 0 amide bonds. The van der Waals surface area contributed by atoms with Gasteiger partial charge in [0.25, 0.3) is 0 Å². The Hall–Kier alpha value is -1.84. The van der Waals surface area contributed by atoms with Gasteiger partial charge in [0.1, 0.15) is 5.75 Å². The molecule has 2 unspecified atom stereocenters. The predicted molar refractivity (Wildman–Crippen MR) is 80.4 cm³/mol. The van der Waals surface area contributed by atoms with Crippen LogP contribution in [0.25, 0.3) is 0 Å². The zero-order chi connectivity index (χ0) is 14.4. The lowest BCUT2D eigenvalue weighted by Gasteiger charge is -2.18. The number of rotatable bonds is 6. The summed E-state index contributed by atoms with van der Waals surface area (Å²) in [7, 11) is 0. The van der Waals surface area contributed by atoms with E-state index in [1.54, 1.807) is 12.1 Å². The van der Waals surface area contributed by atoms with Crippen molar-refractivity contribution < 1.29 is 10.2 Å². The number of benzene rings is 2. The number of hydrogen-bond donors (Lipinski definition) is 3. The van der Waals surface area contributed by atoms with Gasteiger partial charge in [-0.05, 0) is 25.0 Å². The van der Waals surface area contributed by atoms with Gasteiger partial charge in [-0.3, -0.25) is 0 Å². The minimum atomic E-state index is -0.469. The monoisotopic (exact) mass is 271 g/mol. The van der Waals surface area contributed by atoms with E-state index in [1.165, 1.54) is 0 Å². The van der Waals surface area contributed by atoms with Crippen LogP contribution in [0.5, 0.6) is 5.75 Å². The largest absolute Gasteiger partial charge is 0.508 e. The van der Waals surface area contributed by atoms with Gasteiger partial charge in [-0.1, -0.05) is 48.5 Å². The number of aliphatic hydroxyl groups excluding tert-OH is 1. The van der Waals surface area contributed by atoms with Crippen molar-refractivity contribution in [1.29, 1.82) is 0 Å². The van der Waals surface area contributed by atoms with Gasteiger partial charge in [-0.2, -0.15) is 0 Å². The molecule has 20 heavy (non-hydrogen) atoms. The van der Waals surface area contributed by atoms with Crippen LogP contribution in [0.3, 0.4) is 0 Å². The number of phenolic OH excluding ortho intramolecular Hbond substituents is 1. The lowest BCUT2D eigenvalue weighted by Crippen LogP contribution is -2.27. The Kier molecular flexibility index (Phi) is 5.16. The van der Waals surface area contributed by atoms with E-state index < -0.39 is 6.10 Å². The molecule has 0 aliphatic rings. The highest BCUT2D eigenvalue weighted by molar-refractivity contribution is 5.31. The number of aliphatic hydroxyl groups is 1. The summed E-state index contributed by atoms with van der Waals surface area (Å²) in [5.41, 5.74) is 1.80. The maximum atomic E-state index is 10.2. The van der Waals surface area contributed by atoms with Crippen molar-refractivity contribution in [2.75, 3.05) is 0 Å². The lowest BCUT2D eigenvalue weighted by molar-refractivity contribution is 0.154. The van der Waals surface area contributed by atoms with Crippen LogP contribution in [0.4, 0.5) is 0 Å². The summed E-state index contributed by atoms with van der Waals surface area (Å²) in [4.78, 5) is 0. The van der Waals surface area contributed by atoms with Crippen molar-refractivity contribution >= 4 is 0 Å². The quantitative estimate of drug-likeness (QED) is 0.757. The molecule has 0 saturated carbocycles. The average Bonchev–Trinajstić information content (AvgIpc) is 2.47. The first-order valence-corrected chi connectivity index (χ1v) is 6.90. The van der Waals surface area contributed by atoms with Crippen LogP contribution in [0.1, 0.15) is 30.6 Å². The fourth-order valence-corrected chi connectivity index (χ4v) is 2.17. The Bertz CT molecular complexity index is 528. The molecule has 3 heteroatoms. The Morgan fingerprint density at radius 3 is 2.35 bits per heavy atom. The highest BCUT2D eigenvalue weighted by atomic mass is 16.3. The summed E-state index contributed by atoms with van der Waals surface area (Å²) in [6.07, 6.45) is 0.167. The van der Waals surface area contributed by atoms with Gasteiger partial charge in [0, 0.05) is 18.2 Å². The first-order chi connectivity index (χ1) is 9.66. The van der Waals surface area contributed by atoms with Gasteiger partial charge in [0.05, 0.1) is 6.10 Å². The minimum absolute atomic E-state index is 0.157. The Balaban J connectivity index is 1.84. The maximum Gasteiger partial charge on any atom is 0.120 e. The fraction of sp³-hybridized carbons (Fsp3) is 0.294. The first-order valence-electron chi connectivity index (χ1n) is 6.90. The summed E-state index contributed by atoms with van der Waals surface area (Å²) in [6, 6.07) is 17.1. The van der Waals surface area contributed by atoms with E-state index in [0.29, 0.717) is 18.7 Å². The van der Waals surface area contributed by atoms with Gasteiger partial charge in [0.15, 0.2) is 0 Å². The van der Waals surface area contributed by atoms with E-state index in [1.807, 2.05) is 49.4 Å². The molecule has 0 spiro atoms. The Morgan fingerprint density at radius 2 is 1.65 bits per heavy atom. The second-order valence-electron chi connectivity index (χ2n) is 5.07. The zero-order valence-corrected chi connectivity index (χ0v) is 11.7. The van der Waals surface area contributed by atoms with E-state index in [0.717, 1.165) is 11.1 Å². The molecule has 0 aromatic heterocycles. The third kappa shape index (κ3) is 4.08. The average molecular weight is 271 g/mol. The van der Waals surface area contributed by atoms with Crippen LogP contribution in [0.2, 0.25) is 0 Å². The smallest absolute Gasteiger partial charge is 0.120 e. The van der Waals surface area contributed by atoms with Crippen molar-refractivity contribution in [3.63, 3.8) is 0 Å². The molecule has 0 heterocycles. The zero-order valence-electron chi connectivity index (χ0n) is 11.7. The molecule has 106 valence electrons. The maximum absolute atomic E-state index is 10.2. The third-order valence-electron chi connectivity index (χ3n) is 3.39. The molecule has 0 radical (unpaired) electrons. The molecule has 0 aliphatic carbocycles. The Morgan fingerprint density at radius 1 is 1.00 bits per heavy atom. The van der Waals surface area contributed by atoms with Crippen LogP contribution >= 0.6 is 0 Å². The van der Waals surface area contributed by atoms with Crippen molar-refractivity contribution in [2.45, 2.75) is 32.0 Å². The summed E-state index contributed by atoms with van der Waals surface area (Å²) in [5.74, 6) is 0.302. The van der Waals surface area contributed by atoms with Crippen molar-refractivity contribution in [2.24, 2.45) is 0 Å². The first kappa shape index (κ1) is 14.6. The van der Waals surface area contributed by atoms with Crippen molar-refractivity contribution in [1.82, 2.24) is 5.32 Å². The van der Waals surface area contributed by atoms with E-state index in [2.05, 4.69) is 5.32 Å². The van der Waals surface area contributed by atoms with E-state index in [9.17, 15) is 10.2 Å². The van der Waals surface area contributed by atoms with Gasteiger partial charge in [0.2, 0.25) is 0 Å².